The second kappa shape index (κ2) is 7.26. The number of benzene rings is 1. The Morgan fingerprint density at radius 2 is 1.65 bits per heavy atom. The summed E-state index contributed by atoms with van der Waals surface area (Å²) in [6.07, 6.45) is 1.33. The molecule has 1 aromatic carbocycles. The third-order valence-corrected chi connectivity index (χ3v) is 3.07. The molecule has 0 aliphatic carbocycles. The average Bonchev–Trinajstić information content (AvgIpc) is 2.60. The summed E-state index contributed by atoms with van der Waals surface area (Å²) < 4.78 is 14.9. The number of nitrogens with one attached hydrogen (secondary N) is 1. The first-order valence-corrected chi connectivity index (χ1v) is 6.66. The van der Waals surface area contributed by atoms with E-state index in [0.717, 1.165) is 0 Å². The van der Waals surface area contributed by atoms with E-state index in [4.69, 9.17) is 9.47 Å². The summed E-state index contributed by atoms with van der Waals surface area (Å²) in [7, 11) is 4.30. The number of methoxy groups -OCH3 is 3. The Morgan fingerprint density at radius 3 is 2.22 bits per heavy atom. The molecule has 0 radical (unpaired) electrons. The highest BCUT2D eigenvalue weighted by Crippen LogP contribution is 2.27. The van der Waals surface area contributed by atoms with Crippen LogP contribution in [0.3, 0.4) is 0 Å². The van der Waals surface area contributed by atoms with E-state index in [1.807, 2.05) is 0 Å². The quantitative estimate of drug-likeness (QED) is 0.850. The summed E-state index contributed by atoms with van der Waals surface area (Å²) in [5.41, 5.74) is 0.693. The number of nitrogens with zero attached hydrogens (tertiary/aromatic N) is 1. The van der Waals surface area contributed by atoms with Crippen molar-refractivity contribution in [3.63, 3.8) is 0 Å². The van der Waals surface area contributed by atoms with E-state index >= 15 is 0 Å². The molecule has 0 atom stereocenters. The van der Waals surface area contributed by atoms with Crippen molar-refractivity contribution in [3.8, 4) is 11.5 Å². The highest BCUT2D eigenvalue weighted by atomic mass is 16.5. The number of aromatic nitrogens is 1. The molecule has 23 heavy (non-hydrogen) atoms. The molecule has 7 nitrogen and oxygen atoms in total. The number of anilines is 1. The van der Waals surface area contributed by atoms with Crippen LogP contribution >= 0.6 is 0 Å². The zero-order valence-corrected chi connectivity index (χ0v) is 13.0. The molecule has 0 aliphatic heterocycles. The number of carbonyl (C=O) groups is 2. The topological polar surface area (TPSA) is 86.8 Å². The van der Waals surface area contributed by atoms with E-state index < -0.39 is 5.97 Å². The minimum absolute atomic E-state index is 0.302. The van der Waals surface area contributed by atoms with Gasteiger partial charge in [0.1, 0.15) is 5.82 Å². The van der Waals surface area contributed by atoms with E-state index in [9.17, 15) is 9.59 Å². The lowest BCUT2D eigenvalue weighted by Gasteiger charge is -2.10. The van der Waals surface area contributed by atoms with Crippen molar-refractivity contribution >= 4 is 17.7 Å². The van der Waals surface area contributed by atoms with Crippen LogP contribution in [0.5, 0.6) is 11.5 Å². The van der Waals surface area contributed by atoms with E-state index in [2.05, 4.69) is 15.0 Å². The van der Waals surface area contributed by atoms with Crippen LogP contribution in [0.2, 0.25) is 0 Å². The molecule has 120 valence electrons. The first kappa shape index (κ1) is 16.3. The molecule has 0 fully saturated rings. The summed E-state index contributed by atoms with van der Waals surface area (Å²) in [5, 5.41) is 2.63. The molecule has 0 unspecified atom stereocenters. The fourth-order valence-corrected chi connectivity index (χ4v) is 1.87. The lowest BCUT2D eigenvalue weighted by atomic mass is 10.2. The van der Waals surface area contributed by atoms with Crippen LogP contribution in [0.1, 0.15) is 20.7 Å². The molecule has 1 amide bonds. The van der Waals surface area contributed by atoms with Crippen molar-refractivity contribution in [2.45, 2.75) is 0 Å². The maximum Gasteiger partial charge on any atom is 0.339 e. The number of amides is 1. The molecule has 0 saturated carbocycles. The van der Waals surface area contributed by atoms with Gasteiger partial charge in [-0.25, -0.2) is 9.78 Å². The smallest absolute Gasteiger partial charge is 0.339 e. The molecule has 2 aromatic rings. The van der Waals surface area contributed by atoms with Gasteiger partial charge in [-0.1, -0.05) is 0 Å². The standard InChI is InChI=1S/C16H16N2O5/c1-21-12-6-4-10(8-13(12)22-2)15(19)18-14-7-5-11(9-17-14)16(20)23-3/h4-9H,1-3H3,(H,17,18,19). The second-order valence-electron chi connectivity index (χ2n) is 4.45. The van der Waals surface area contributed by atoms with Crippen LogP contribution in [0, 0.1) is 0 Å². The number of esters is 1. The van der Waals surface area contributed by atoms with Gasteiger partial charge in [0.05, 0.1) is 26.9 Å². The Balaban J connectivity index is 2.14. The predicted molar refractivity (Wildman–Crippen MR) is 83.1 cm³/mol. The van der Waals surface area contributed by atoms with E-state index in [1.165, 1.54) is 39.7 Å². The predicted octanol–water partition coefficient (Wildman–Crippen LogP) is 2.14. The van der Waals surface area contributed by atoms with Gasteiger partial charge in [0.2, 0.25) is 0 Å². The van der Waals surface area contributed by atoms with Crippen LogP contribution in [-0.4, -0.2) is 38.2 Å². The number of rotatable bonds is 5. The van der Waals surface area contributed by atoms with Crippen molar-refractivity contribution in [1.29, 1.82) is 0 Å². The highest BCUT2D eigenvalue weighted by molar-refractivity contribution is 6.04. The molecular weight excluding hydrogens is 300 g/mol. The summed E-state index contributed by atoms with van der Waals surface area (Å²) in [6, 6.07) is 7.85. The number of carbonyl (C=O) groups excluding carboxylic acids is 2. The number of ether oxygens (including phenoxy) is 3. The van der Waals surface area contributed by atoms with Crippen LogP contribution in [-0.2, 0) is 4.74 Å². The first-order chi connectivity index (χ1) is 11.1. The number of hydrogen-bond donors (Lipinski definition) is 1. The van der Waals surface area contributed by atoms with Gasteiger partial charge >= 0.3 is 5.97 Å². The Kier molecular flexibility index (Phi) is 5.14. The van der Waals surface area contributed by atoms with Gasteiger partial charge in [0.15, 0.2) is 11.5 Å². The molecule has 0 saturated heterocycles. The van der Waals surface area contributed by atoms with Crippen LogP contribution in [0.4, 0.5) is 5.82 Å². The van der Waals surface area contributed by atoms with E-state index in [0.29, 0.717) is 28.4 Å². The molecule has 1 aromatic heterocycles. The van der Waals surface area contributed by atoms with Gasteiger partial charge in [0, 0.05) is 11.8 Å². The lowest BCUT2D eigenvalue weighted by molar-refractivity contribution is 0.0600. The summed E-state index contributed by atoms with van der Waals surface area (Å²) in [4.78, 5) is 27.5. The van der Waals surface area contributed by atoms with Gasteiger partial charge < -0.3 is 19.5 Å². The van der Waals surface area contributed by atoms with Crippen LogP contribution in [0.15, 0.2) is 36.5 Å². The molecule has 0 aliphatic rings. The van der Waals surface area contributed by atoms with Crippen molar-refractivity contribution in [1.82, 2.24) is 4.98 Å². The summed E-state index contributed by atoms with van der Waals surface area (Å²) in [5.74, 6) is 0.454. The maximum absolute atomic E-state index is 12.2. The van der Waals surface area contributed by atoms with Gasteiger partial charge in [-0.2, -0.15) is 0 Å². The normalized spacial score (nSPS) is 9.87. The van der Waals surface area contributed by atoms with Gasteiger partial charge in [-0.15, -0.1) is 0 Å². The SMILES string of the molecule is COC(=O)c1ccc(NC(=O)c2ccc(OC)c(OC)c2)nc1. The van der Waals surface area contributed by atoms with Crippen molar-refractivity contribution in [3.05, 3.63) is 47.7 Å². The third kappa shape index (κ3) is 3.76. The minimum atomic E-state index is -0.490. The summed E-state index contributed by atoms with van der Waals surface area (Å²) >= 11 is 0. The lowest BCUT2D eigenvalue weighted by Crippen LogP contribution is -2.13. The van der Waals surface area contributed by atoms with Gasteiger partial charge in [-0.3, -0.25) is 4.79 Å². The third-order valence-electron chi connectivity index (χ3n) is 3.07. The minimum Gasteiger partial charge on any atom is -0.493 e. The largest absolute Gasteiger partial charge is 0.493 e. The van der Waals surface area contributed by atoms with Crippen LogP contribution in [0.25, 0.3) is 0 Å². The molecular formula is C16H16N2O5. The van der Waals surface area contributed by atoms with Crippen molar-refractivity contribution < 1.29 is 23.8 Å². The highest BCUT2D eigenvalue weighted by Gasteiger charge is 2.12. The molecule has 0 spiro atoms. The second-order valence-corrected chi connectivity index (χ2v) is 4.45. The summed E-state index contributed by atoms with van der Waals surface area (Å²) in [6.45, 7) is 0. The Hall–Kier alpha value is -3.09. The molecule has 1 N–H and O–H groups in total. The Bertz CT molecular complexity index is 713. The Labute approximate surface area is 133 Å². The maximum atomic E-state index is 12.2. The fourth-order valence-electron chi connectivity index (χ4n) is 1.87. The van der Waals surface area contributed by atoms with Gasteiger partial charge in [0.25, 0.3) is 5.91 Å². The number of hydrogen-bond acceptors (Lipinski definition) is 6. The van der Waals surface area contributed by atoms with E-state index in [1.54, 1.807) is 18.2 Å². The molecule has 7 heteroatoms. The molecule has 0 bridgehead atoms. The average molecular weight is 316 g/mol. The van der Waals surface area contributed by atoms with Crippen LogP contribution < -0.4 is 14.8 Å². The van der Waals surface area contributed by atoms with E-state index in [-0.39, 0.29) is 5.91 Å². The van der Waals surface area contributed by atoms with Crippen molar-refractivity contribution in [2.24, 2.45) is 0 Å². The van der Waals surface area contributed by atoms with Crippen molar-refractivity contribution in [2.75, 3.05) is 26.6 Å². The fraction of sp³-hybridized carbons (Fsp3) is 0.188. The number of pyridine rings is 1. The zero-order chi connectivity index (χ0) is 16.8. The first-order valence-electron chi connectivity index (χ1n) is 6.66. The van der Waals surface area contributed by atoms with Gasteiger partial charge in [-0.05, 0) is 30.3 Å². The molecule has 2 rings (SSSR count). The monoisotopic (exact) mass is 316 g/mol. The molecule has 1 heterocycles. The zero-order valence-electron chi connectivity index (χ0n) is 13.0. The Morgan fingerprint density at radius 1 is 0.957 bits per heavy atom.